The number of thioether (sulfide) groups is 1. The number of aryl methyl sites for hydroxylation is 1. The van der Waals surface area contributed by atoms with E-state index in [1.165, 1.54) is 23.0 Å². The molecule has 2 aromatic heterocycles. The number of pyridine rings is 1. The Morgan fingerprint density at radius 1 is 1.00 bits per heavy atom. The molecular formula is C27H27N5O2S. The number of carbonyl (C=O) groups excluding carboxylic acids is 1. The van der Waals surface area contributed by atoms with Crippen LogP contribution in [-0.2, 0) is 11.3 Å². The van der Waals surface area contributed by atoms with Crippen molar-refractivity contribution in [2.24, 2.45) is 0 Å². The van der Waals surface area contributed by atoms with Crippen LogP contribution in [0.15, 0.2) is 83.0 Å². The molecule has 1 saturated heterocycles. The van der Waals surface area contributed by atoms with Crippen LogP contribution in [0.5, 0.6) is 0 Å². The van der Waals surface area contributed by atoms with Crippen molar-refractivity contribution in [1.29, 1.82) is 0 Å². The van der Waals surface area contributed by atoms with Gasteiger partial charge >= 0.3 is 0 Å². The van der Waals surface area contributed by atoms with Crippen molar-refractivity contribution in [2.45, 2.75) is 18.6 Å². The van der Waals surface area contributed by atoms with Crippen LogP contribution >= 0.6 is 11.8 Å². The predicted molar refractivity (Wildman–Crippen MR) is 140 cm³/mol. The summed E-state index contributed by atoms with van der Waals surface area (Å²) < 4.78 is 1.65. The van der Waals surface area contributed by atoms with E-state index in [4.69, 9.17) is 4.98 Å². The van der Waals surface area contributed by atoms with Crippen LogP contribution in [0.1, 0.15) is 11.1 Å². The standard InChI is InChI=1S/C27H27N5O2S/c1-20-6-4-8-22(16-20)30-12-14-31(15-13-30)25(33)19-35-27-29-24-10-3-2-9-23(24)26(34)32(27)18-21-7-5-11-28-17-21/h2-11,16-17H,12-15,18-19H2,1H3. The van der Waals surface area contributed by atoms with E-state index in [1.807, 2.05) is 35.2 Å². The Labute approximate surface area is 208 Å². The van der Waals surface area contributed by atoms with Crippen LogP contribution in [0.2, 0.25) is 0 Å². The molecular weight excluding hydrogens is 458 g/mol. The molecule has 5 rings (SSSR count). The molecule has 1 aliphatic heterocycles. The van der Waals surface area contributed by atoms with Gasteiger partial charge in [0.2, 0.25) is 5.91 Å². The quantitative estimate of drug-likeness (QED) is 0.307. The third-order valence-corrected chi connectivity index (χ3v) is 7.18. The van der Waals surface area contributed by atoms with Gasteiger partial charge in [0.1, 0.15) is 0 Å². The number of para-hydroxylation sites is 1. The number of aromatic nitrogens is 3. The Balaban J connectivity index is 1.30. The van der Waals surface area contributed by atoms with Crippen molar-refractivity contribution in [2.75, 3.05) is 36.8 Å². The fourth-order valence-corrected chi connectivity index (χ4v) is 5.23. The van der Waals surface area contributed by atoms with Gasteiger partial charge in [0.05, 0.1) is 23.2 Å². The fourth-order valence-electron chi connectivity index (χ4n) is 4.33. The highest BCUT2D eigenvalue weighted by molar-refractivity contribution is 7.99. The van der Waals surface area contributed by atoms with Crippen molar-refractivity contribution in [3.8, 4) is 0 Å². The minimum Gasteiger partial charge on any atom is -0.368 e. The van der Waals surface area contributed by atoms with Crippen LogP contribution in [0, 0.1) is 6.92 Å². The van der Waals surface area contributed by atoms with Crippen molar-refractivity contribution in [3.63, 3.8) is 0 Å². The van der Waals surface area contributed by atoms with Crippen molar-refractivity contribution < 1.29 is 4.79 Å². The van der Waals surface area contributed by atoms with Crippen molar-refractivity contribution in [3.05, 3.63) is 94.5 Å². The molecule has 0 saturated carbocycles. The zero-order valence-electron chi connectivity index (χ0n) is 19.6. The second kappa shape index (κ2) is 10.3. The Kier molecular flexibility index (Phi) is 6.81. The summed E-state index contributed by atoms with van der Waals surface area (Å²) in [7, 11) is 0. The Bertz CT molecular complexity index is 1400. The molecule has 2 aromatic carbocycles. The highest BCUT2D eigenvalue weighted by atomic mass is 32.2. The fraction of sp³-hybridized carbons (Fsp3) is 0.259. The number of carbonyl (C=O) groups is 1. The highest BCUT2D eigenvalue weighted by Crippen LogP contribution is 2.21. The molecule has 0 unspecified atom stereocenters. The minimum atomic E-state index is -0.110. The number of amides is 1. The van der Waals surface area contributed by atoms with E-state index in [0.29, 0.717) is 35.7 Å². The number of hydrogen-bond acceptors (Lipinski definition) is 6. The Morgan fingerprint density at radius 2 is 1.83 bits per heavy atom. The number of hydrogen-bond donors (Lipinski definition) is 0. The van der Waals surface area contributed by atoms with Gasteiger partial charge in [-0.1, -0.05) is 42.1 Å². The van der Waals surface area contributed by atoms with Gasteiger partial charge < -0.3 is 9.80 Å². The van der Waals surface area contributed by atoms with E-state index in [2.05, 4.69) is 41.1 Å². The van der Waals surface area contributed by atoms with Crippen LogP contribution in [0.4, 0.5) is 5.69 Å². The first-order chi connectivity index (χ1) is 17.1. The third kappa shape index (κ3) is 5.22. The van der Waals surface area contributed by atoms with E-state index in [0.717, 1.165) is 18.7 Å². The number of rotatable bonds is 6. The van der Waals surface area contributed by atoms with E-state index < -0.39 is 0 Å². The minimum absolute atomic E-state index is 0.0641. The van der Waals surface area contributed by atoms with Gasteiger partial charge in [-0.15, -0.1) is 0 Å². The van der Waals surface area contributed by atoms with Gasteiger partial charge in [0.25, 0.3) is 5.56 Å². The van der Waals surface area contributed by atoms with Crippen LogP contribution < -0.4 is 10.5 Å². The lowest BCUT2D eigenvalue weighted by molar-refractivity contribution is -0.128. The Morgan fingerprint density at radius 3 is 2.60 bits per heavy atom. The van der Waals surface area contributed by atoms with Gasteiger partial charge in [-0.05, 0) is 48.4 Å². The number of fused-ring (bicyclic) bond motifs is 1. The molecule has 0 spiro atoms. The lowest BCUT2D eigenvalue weighted by Gasteiger charge is -2.36. The van der Waals surface area contributed by atoms with E-state index in [1.54, 1.807) is 23.0 Å². The summed E-state index contributed by atoms with van der Waals surface area (Å²) in [5.74, 6) is 0.302. The molecule has 0 atom stereocenters. The normalized spacial score (nSPS) is 13.9. The SMILES string of the molecule is Cc1cccc(N2CCN(C(=O)CSc3nc4ccccc4c(=O)n3Cc3cccnc3)CC2)c1. The average Bonchev–Trinajstić information content (AvgIpc) is 2.90. The summed E-state index contributed by atoms with van der Waals surface area (Å²) in [6, 6.07) is 19.6. The molecule has 178 valence electrons. The molecule has 0 radical (unpaired) electrons. The van der Waals surface area contributed by atoms with Crippen molar-refractivity contribution in [1.82, 2.24) is 19.4 Å². The summed E-state index contributed by atoms with van der Waals surface area (Å²) in [6.45, 7) is 5.42. The topological polar surface area (TPSA) is 71.3 Å². The zero-order valence-corrected chi connectivity index (χ0v) is 20.4. The molecule has 8 heteroatoms. The molecule has 35 heavy (non-hydrogen) atoms. The summed E-state index contributed by atoms with van der Waals surface area (Å²) in [5, 5.41) is 1.11. The first kappa shape index (κ1) is 23.1. The van der Waals surface area contributed by atoms with Gasteiger partial charge in [0, 0.05) is 44.3 Å². The van der Waals surface area contributed by atoms with Crippen LogP contribution in [0.25, 0.3) is 10.9 Å². The lowest BCUT2D eigenvalue weighted by Crippen LogP contribution is -2.49. The second-order valence-corrected chi connectivity index (χ2v) is 9.60. The first-order valence-electron chi connectivity index (χ1n) is 11.7. The molecule has 1 amide bonds. The van der Waals surface area contributed by atoms with Gasteiger partial charge in [-0.3, -0.25) is 19.1 Å². The maximum Gasteiger partial charge on any atom is 0.262 e. The number of benzene rings is 2. The average molecular weight is 486 g/mol. The second-order valence-electron chi connectivity index (χ2n) is 8.66. The molecule has 0 bridgehead atoms. The molecule has 4 aromatic rings. The summed E-state index contributed by atoms with van der Waals surface area (Å²) in [5.41, 5.74) is 3.87. The predicted octanol–water partition coefficient (Wildman–Crippen LogP) is 3.59. The summed E-state index contributed by atoms with van der Waals surface area (Å²) in [4.78, 5) is 39.5. The molecule has 0 aliphatic carbocycles. The molecule has 0 N–H and O–H groups in total. The van der Waals surface area contributed by atoms with Gasteiger partial charge in [-0.25, -0.2) is 4.98 Å². The van der Waals surface area contributed by atoms with E-state index >= 15 is 0 Å². The first-order valence-corrected chi connectivity index (χ1v) is 12.7. The molecule has 3 heterocycles. The summed E-state index contributed by atoms with van der Waals surface area (Å²) >= 11 is 1.32. The number of nitrogens with zero attached hydrogens (tertiary/aromatic N) is 5. The van der Waals surface area contributed by atoms with E-state index in [9.17, 15) is 9.59 Å². The maximum absolute atomic E-state index is 13.3. The van der Waals surface area contributed by atoms with E-state index in [-0.39, 0.29) is 17.2 Å². The lowest BCUT2D eigenvalue weighted by atomic mass is 10.2. The smallest absolute Gasteiger partial charge is 0.262 e. The zero-order chi connectivity index (χ0) is 24.2. The largest absolute Gasteiger partial charge is 0.368 e. The Hall–Kier alpha value is -3.65. The van der Waals surface area contributed by atoms with Gasteiger partial charge in [0.15, 0.2) is 5.16 Å². The van der Waals surface area contributed by atoms with Crippen LogP contribution in [-0.4, -0.2) is 57.3 Å². The summed E-state index contributed by atoms with van der Waals surface area (Å²) in [6.07, 6.45) is 3.45. The van der Waals surface area contributed by atoms with Gasteiger partial charge in [-0.2, -0.15) is 0 Å². The third-order valence-electron chi connectivity index (χ3n) is 6.21. The molecule has 1 aliphatic rings. The molecule has 7 nitrogen and oxygen atoms in total. The maximum atomic E-state index is 13.3. The van der Waals surface area contributed by atoms with Crippen LogP contribution in [0.3, 0.4) is 0 Å². The number of piperazine rings is 1. The highest BCUT2D eigenvalue weighted by Gasteiger charge is 2.22. The van der Waals surface area contributed by atoms with Crippen molar-refractivity contribution >= 4 is 34.3 Å². The monoisotopic (exact) mass is 485 g/mol. The number of anilines is 1. The molecule has 1 fully saturated rings.